The quantitative estimate of drug-likeness (QED) is 0.680. The molecular weight excluding hydrogens is 414 g/mol. The van der Waals surface area contributed by atoms with Crippen LogP contribution in [0, 0.1) is 19.8 Å². The minimum atomic E-state index is -0.594. The van der Waals surface area contributed by atoms with Crippen LogP contribution in [0.1, 0.15) is 54.6 Å². The molecule has 0 aliphatic carbocycles. The number of nitrogens with zero attached hydrogens (tertiary/aromatic N) is 2. The van der Waals surface area contributed by atoms with Gasteiger partial charge in [0.05, 0.1) is 5.92 Å². The minimum Gasteiger partial charge on any atom is -0.338 e. The number of carbonyl (C=O) groups is 3. The number of nitrogens with one attached hydrogen (secondary N) is 1. The number of carbonyl (C=O) groups excluding carboxylic acids is 3. The number of likely N-dealkylation sites (tertiary alicyclic amines) is 1. The Morgan fingerprint density at radius 1 is 1.09 bits per heavy atom. The number of para-hydroxylation sites is 1. The Morgan fingerprint density at radius 3 is 2.39 bits per heavy atom. The van der Waals surface area contributed by atoms with Gasteiger partial charge in [-0.1, -0.05) is 42.3 Å². The average molecular weight is 450 g/mol. The third kappa shape index (κ3) is 6.21. The Hall–Kier alpha value is -3.15. The molecule has 3 amide bonds. The molecule has 0 spiro atoms. The smallest absolute Gasteiger partial charge is 0.253 e. The van der Waals surface area contributed by atoms with Crippen molar-refractivity contribution in [1.29, 1.82) is 0 Å². The second-order valence-corrected chi connectivity index (χ2v) is 9.03. The van der Waals surface area contributed by atoms with Crippen LogP contribution in [0.15, 0.2) is 48.5 Å². The molecule has 3 rings (SSSR count). The highest BCUT2D eigenvalue weighted by atomic mass is 16.2. The first kappa shape index (κ1) is 24.5. The van der Waals surface area contributed by atoms with Crippen LogP contribution >= 0.6 is 0 Å². The van der Waals surface area contributed by atoms with Gasteiger partial charge in [-0.2, -0.15) is 0 Å². The second-order valence-electron chi connectivity index (χ2n) is 9.03. The molecule has 0 radical (unpaired) electrons. The second kappa shape index (κ2) is 11.1. The van der Waals surface area contributed by atoms with Gasteiger partial charge in [0.15, 0.2) is 0 Å². The van der Waals surface area contributed by atoms with Gasteiger partial charge in [0, 0.05) is 30.9 Å². The molecule has 2 atom stereocenters. The zero-order valence-electron chi connectivity index (χ0n) is 20.1. The van der Waals surface area contributed by atoms with E-state index in [0.717, 1.165) is 30.4 Å². The van der Waals surface area contributed by atoms with E-state index in [2.05, 4.69) is 5.32 Å². The molecule has 1 saturated heterocycles. The molecule has 2 unspecified atom stereocenters. The van der Waals surface area contributed by atoms with E-state index in [9.17, 15) is 14.4 Å². The highest BCUT2D eigenvalue weighted by molar-refractivity contribution is 5.98. The number of benzene rings is 2. The Bertz CT molecular complexity index is 969. The van der Waals surface area contributed by atoms with Gasteiger partial charge in [-0.15, -0.1) is 0 Å². The molecule has 1 N–H and O–H groups in total. The molecular formula is C27H35N3O3. The van der Waals surface area contributed by atoms with Crippen molar-refractivity contribution in [2.75, 3.05) is 25.0 Å². The summed E-state index contributed by atoms with van der Waals surface area (Å²) in [5.41, 5.74) is 3.48. The van der Waals surface area contributed by atoms with Gasteiger partial charge < -0.3 is 15.1 Å². The summed E-state index contributed by atoms with van der Waals surface area (Å²) in [5, 5.41) is 2.90. The zero-order chi connectivity index (χ0) is 24.0. The van der Waals surface area contributed by atoms with Crippen LogP contribution in [-0.4, -0.2) is 53.2 Å². The van der Waals surface area contributed by atoms with E-state index in [4.69, 9.17) is 0 Å². The lowest BCUT2D eigenvalue weighted by atomic mass is 9.94. The monoisotopic (exact) mass is 449 g/mol. The van der Waals surface area contributed by atoms with E-state index in [0.29, 0.717) is 30.9 Å². The number of rotatable bonds is 7. The number of aryl methyl sites for hydroxylation is 2. The van der Waals surface area contributed by atoms with E-state index >= 15 is 0 Å². The number of hydrogen-bond donors (Lipinski definition) is 1. The van der Waals surface area contributed by atoms with Crippen molar-refractivity contribution in [2.24, 2.45) is 5.92 Å². The predicted octanol–water partition coefficient (Wildman–Crippen LogP) is 4.42. The van der Waals surface area contributed by atoms with Gasteiger partial charge in [0.1, 0.15) is 6.04 Å². The largest absolute Gasteiger partial charge is 0.338 e. The van der Waals surface area contributed by atoms with Gasteiger partial charge in [-0.25, -0.2) is 0 Å². The molecule has 0 bridgehead atoms. The van der Waals surface area contributed by atoms with Crippen molar-refractivity contribution in [2.45, 2.75) is 53.0 Å². The van der Waals surface area contributed by atoms with Crippen LogP contribution in [0.3, 0.4) is 0 Å². The number of hydrogen-bond acceptors (Lipinski definition) is 3. The highest BCUT2D eigenvalue weighted by Gasteiger charge is 2.34. The maximum atomic E-state index is 13.5. The van der Waals surface area contributed by atoms with Crippen molar-refractivity contribution in [1.82, 2.24) is 9.80 Å². The van der Waals surface area contributed by atoms with Gasteiger partial charge in [0.25, 0.3) is 5.91 Å². The van der Waals surface area contributed by atoms with Crippen LogP contribution in [-0.2, 0) is 9.59 Å². The molecule has 1 heterocycles. The normalized spacial score (nSPS) is 16.7. The van der Waals surface area contributed by atoms with E-state index in [1.54, 1.807) is 16.7 Å². The number of piperidine rings is 1. The first-order chi connectivity index (χ1) is 15.8. The molecule has 1 fully saturated rings. The highest BCUT2D eigenvalue weighted by Crippen LogP contribution is 2.23. The van der Waals surface area contributed by atoms with E-state index in [1.165, 1.54) is 0 Å². The maximum absolute atomic E-state index is 13.5. The van der Waals surface area contributed by atoms with Gasteiger partial charge in [-0.3, -0.25) is 14.4 Å². The Balaban J connectivity index is 1.70. The molecule has 33 heavy (non-hydrogen) atoms. The van der Waals surface area contributed by atoms with Crippen LogP contribution in [0.4, 0.5) is 5.69 Å². The fourth-order valence-corrected chi connectivity index (χ4v) is 4.52. The lowest BCUT2D eigenvalue weighted by Crippen LogP contribution is -2.52. The number of anilines is 1. The first-order valence-electron chi connectivity index (χ1n) is 11.8. The molecule has 6 heteroatoms. The standard InChI is InChI=1S/C27H35N3O3/c1-5-13-30(21(4)25(31)28-24-11-7-6-8-12-24)27(33)22-10-9-14-29(18-22)26(32)23-16-19(2)15-20(3)17-23/h6-8,11-12,15-17,21-22H,5,9-10,13-14,18H2,1-4H3,(H,28,31). The summed E-state index contributed by atoms with van der Waals surface area (Å²) in [7, 11) is 0. The third-order valence-corrected chi connectivity index (χ3v) is 6.16. The van der Waals surface area contributed by atoms with E-state index in [1.807, 2.05) is 69.3 Å². The molecule has 0 aromatic heterocycles. The molecule has 0 saturated carbocycles. The lowest BCUT2D eigenvalue weighted by molar-refractivity contribution is -0.142. The van der Waals surface area contributed by atoms with Crippen LogP contribution in [0.5, 0.6) is 0 Å². The van der Waals surface area contributed by atoms with Crippen LogP contribution in [0.25, 0.3) is 0 Å². The summed E-state index contributed by atoms with van der Waals surface area (Å²) in [6.07, 6.45) is 2.26. The lowest BCUT2D eigenvalue weighted by Gasteiger charge is -2.37. The summed E-state index contributed by atoms with van der Waals surface area (Å²) in [5.74, 6) is -0.587. The fraction of sp³-hybridized carbons (Fsp3) is 0.444. The minimum absolute atomic E-state index is 0.0313. The van der Waals surface area contributed by atoms with Gasteiger partial charge in [0.2, 0.25) is 11.8 Å². The van der Waals surface area contributed by atoms with Crippen LogP contribution in [0.2, 0.25) is 0 Å². The van der Waals surface area contributed by atoms with E-state index in [-0.39, 0.29) is 23.6 Å². The molecule has 1 aliphatic heterocycles. The van der Waals surface area contributed by atoms with Crippen molar-refractivity contribution >= 4 is 23.4 Å². The predicted molar refractivity (Wildman–Crippen MR) is 131 cm³/mol. The molecule has 6 nitrogen and oxygen atoms in total. The molecule has 176 valence electrons. The van der Waals surface area contributed by atoms with E-state index < -0.39 is 6.04 Å². The third-order valence-electron chi connectivity index (χ3n) is 6.16. The van der Waals surface area contributed by atoms with Gasteiger partial charge >= 0.3 is 0 Å². The van der Waals surface area contributed by atoms with Crippen molar-refractivity contribution in [3.8, 4) is 0 Å². The Kier molecular flexibility index (Phi) is 8.26. The molecule has 1 aliphatic rings. The zero-order valence-corrected chi connectivity index (χ0v) is 20.1. The number of amides is 3. The van der Waals surface area contributed by atoms with Gasteiger partial charge in [-0.05, 0) is 64.3 Å². The summed E-state index contributed by atoms with van der Waals surface area (Å²) in [6.45, 7) is 9.27. The topological polar surface area (TPSA) is 69.7 Å². The molecule has 2 aromatic rings. The Morgan fingerprint density at radius 2 is 1.76 bits per heavy atom. The summed E-state index contributed by atoms with van der Waals surface area (Å²) in [6, 6.07) is 14.5. The SMILES string of the molecule is CCCN(C(=O)C1CCCN(C(=O)c2cc(C)cc(C)c2)C1)C(C)C(=O)Nc1ccccc1. The summed E-state index contributed by atoms with van der Waals surface area (Å²) >= 11 is 0. The summed E-state index contributed by atoms with van der Waals surface area (Å²) in [4.78, 5) is 43.0. The van der Waals surface area contributed by atoms with Crippen molar-refractivity contribution < 1.29 is 14.4 Å². The average Bonchev–Trinajstić information content (AvgIpc) is 2.81. The molecule has 2 aromatic carbocycles. The Labute approximate surface area is 197 Å². The maximum Gasteiger partial charge on any atom is 0.253 e. The summed E-state index contributed by atoms with van der Waals surface area (Å²) < 4.78 is 0. The first-order valence-corrected chi connectivity index (χ1v) is 11.8. The van der Waals surface area contributed by atoms with Crippen molar-refractivity contribution in [3.05, 3.63) is 65.2 Å². The van der Waals surface area contributed by atoms with Crippen LogP contribution < -0.4 is 5.32 Å². The fourth-order valence-electron chi connectivity index (χ4n) is 4.52. The van der Waals surface area contributed by atoms with Crippen molar-refractivity contribution in [3.63, 3.8) is 0 Å².